The second-order valence-electron chi connectivity index (χ2n) is 8.25. The number of alkyl halides is 2. The lowest BCUT2D eigenvalue weighted by atomic mass is 10.1. The molecule has 1 aromatic heterocycles. The predicted molar refractivity (Wildman–Crippen MR) is 114 cm³/mol. The molecule has 164 valence electrons. The molecule has 0 bridgehead atoms. The van der Waals surface area contributed by atoms with Gasteiger partial charge in [-0.1, -0.05) is 6.07 Å². The van der Waals surface area contributed by atoms with Gasteiger partial charge in [0, 0.05) is 37.3 Å². The van der Waals surface area contributed by atoms with E-state index in [9.17, 15) is 22.4 Å². The number of carbonyl (C=O) groups excluding carboxylic acids is 1. The monoisotopic (exact) mass is 446 g/mol. The number of hydrogen-bond acceptors (Lipinski definition) is 5. The molecule has 0 spiro atoms. The first kappa shape index (κ1) is 21.5. The Morgan fingerprint density at radius 3 is 2.77 bits per heavy atom. The van der Waals surface area contributed by atoms with Gasteiger partial charge in [0.1, 0.15) is 5.82 Å². The van der Waals surface area contributed by atoms with Crippen molar-refractivity contribution in [3.63, 3.8) is 0 Å². The number of anilines is 2. The molecule has 0 atom stereocenters. The van der Waals surface area contributed by atoms with Crippen molar-refractivity contribution >= 4 is 27.8 Å². The van der Waals surface area contributed by atoms with E-state index in [0.29, 0.717) is 36.0 Å². The summed E-state index contributed by atoms with van der Waals surface area (Å²) in [5.74, 6) is -2.11. The van der Waals surface area contributed by atoms with E-state index in [1.54, 1.807) is 23.1 Å². The van der Waals surface area contributed by atoms with Crippen LogP contribution >= 0.6 is 0 Å². The second-order valence-corrected chi connectivity index (χ2v) is 9.22. The minimum absolute atomic E-state index is 0.131. The summed E-state index contributed by atoms with van der Waals surface area (Å²) in [4.78, 5) is 19.7. The van der Waals surface area contributed by atoms with Gasteiger partial charge in [-0.15, -0.1) is 4.61 Å². The van der Waals surface area contributed by atoms with Crippen LogP contribution in [0, 0.1) is 10.5 Å². The quantitative estimate of drug-likeness (QED) is 0.731. The number of halogens is 2. The van der Waals surface area contributed by atoms with Crippen molar-refractivity contribution in [3.05, 3.63) is 47.7 Å². The van der Waals surface area contributed by atoms with Crippen LogP contribution in [0.4, 0.5) is 20.3 Å². The number of rotatable bonds is 5. The molecule has 2 aliphatic rings. The van der Waals surface area contributed by atoms with Crippen LogP contribution in [-0.2, 0) is 16.8 Å². The van der Waals surface area contributed by atoms with Gasteiger partial charge >= 0.3 is 0 Å². The minimum Gasteiger partial charge on any atom is -0.356 e. The lowest BCUT2D eigenvalue weighted by Crippen LogP contribution is -2.29. The van der Waals surface area contributed by atoms with Crippen molar-refractivity contribution in [2.45, 2.75) is 49.3 Å². The molecule has 0 radical (unpaired) electrons. The molecule has 2 heterocycles. The van der Waals surface area contributed by atoms with E-state index in [1.165, 1.54) is 12.1 Å². The van der Waals surface area contributed by atoms with Gasteiger partial charge in [-0.25, -0.2) is 13.8 Å². The zero-order valence-corrected chi connectivity index (χ0v) is 17.8. The molecule has 6 nitrogen and oxygen atoms in total. The highest BCUT2D eigenvalue weighted by molar-refractivity contribution is 7.71. The summed E-state index contributed by atoms with van der Waals surface area (Å²) in [7, 11) is -2.16. The van der Waals surface area contributed by atoms with Crippen LogP contribution in [0.1, 0.15) is 48.2 Å². The van der Waals surface area contributed by atoms with Gasteiger partial charge in [-0.3, -0.25) is 4.79 Å². The number of pyridine rings is 1. The fourth-order valence-corrected chi connectivity index (χ4v) is 4.22. The summed E-state index contributed by atoms with van der Waals surface area (Å²) in [6.07, 6.45) is 3.04. The molecule has 2 fully saturated rings. The van der Waals surface area contributed by atoms with E-state index in [4.69, 9.17) is 4.98 Å². The first-order chi connectivity index (χ1) is 14.8. The standard InChI is InChI=1S/C22H24F2N4O2S/c23-22(24)9-2-11-28(12-10-22)20-19(8-7-17(26-20)13-15-5-6-15)21(29)27-16-3-1-4-18(14-16)31(25)30/h1,3-4,7-8,14-15H,2,5-6,9-13H2,(H,27,29). The Balaban J connectivity index is 1.62. The Labute approximate surface area is 181 Å². The van der Waals surface area contributed by atoms with Gasteiger partial charge in [0.15, 0.2) is 10.4 Å². The smallest absolute Gasteiger partial charge is 0.259 e. The van der Waals surface area contributed by atoms with Crippen LogP contribution < -0.4 is 10.2 Å². The van der Waals surface area contributed by atoms with Gasteiger partial charge in [0.25, 0.3) is 5.91 Å². The maximum atomic E-state index is 13.9. The molecule has 1 amide bonds. The van der Waals surface area contributed by atoms with E-state index in [1.807, 2.05) is 6.07 Å². The zero-order valence-electron chi connectivity index (χ0n) is 17.0. The summed E-state index contributed by atoms with van der Waals surface area (Å²) in [5.41, 5.74) is 1.54. The van der Waals surface area contributed by atoms with Crippen molar-refractivity contribution < 1.29 is 17.8 Å². The Morgan fingerprint density at radius 1 is 1.23 bits per heavy atom. The maximum Gasteiger partial charge on any atom is 0.259 e. The fourth-order valence-electron chi connectivity index (χ4n) is 3.79. The number of nitrogens with zero attached hydrogens (tertiary/aromatic N) is 3. The normalized spacial score (nSPS) is 18.3. The SMILES string of the molecule is N#S(=O)c1cccc(NC(=O)c2ccc(CC3CC3)nc2N2CCCC(F)(F)CC2)c1. The first-order valence-electron chi connectivity index (χ1n) is 10.5. The molecule has 1 aliphatic heterocycles. The van der Waals surface area contributed by atoms with Crippen molar-refractivity contribution in [2.24, 2.45) is 5.92 Å². The number of aromatic nitrogens is 1. The molecular weight excluding hydrogens is 422 g/mol. The second kappa shape index (κ2) is 8.77. The van der Waals surface area contributed by atoms with Gasteiger partial charge in [-0.2, -0.15) is 4.21 Å². The van der Waals surface area contributed by atoms with Crippen LogP contribution in [0.5, 0.6) is 0 Å². The first-order valence-corrected chi connectivity index (χ1v) is 11.6. The van der Waals surface area contributed by atoms with Crippen molar-refractivity contribution in [1.82, 2.24) is 4.98 Å². The molecule has 1 saturated carbocycles. The van der Waals surface area contributed by atoms with E-state index < -0.39 is 22.3 Å². The number of amides is 1. The van der Waals surface area contributed by atoms with Crippen molar-refractivity contribution in [1.29, 1.82) is 4.61 Å². The topological polar surface area (TPSA) is 86.1 Å². The predicted octanol–water partition coefficient (Wildman–Crippen LogP) is 4.50. The highest BCUT2D eigenvalue weighted by Crippen LogP contribution is 2.34. The summed E-state index contributed by atoms with van der Waals surface area (Å²) in [6, 6.07) is 9.63. The van der Waals surface area contributed by atoms with Gasteiger partial charge in [0.2, 0.25) is 5.92 Å². The molecule has 31 heavy (non-hydrogen) atoms. The van der Waals surface area contributed by atoms with Crippen molar-refractivity contribution in [2.75, 3.05) is 23.3 Å². The van der Waals surface area contributed by atoms with E-state index >= 15 is 0 Å². The third-order valence-corrected chi connectivity index (χ3v) is 6.34. The average Bonchev–Trinajstić information content (AvgIpc) is 3.55. The third kappa shape index (κ3) is 5.48. The molecule has 4 rings (SSSR count). The summed E-state index contributed by atoms with van der Waals surface area (Å²) < 4.78 is 48.4. The van der Waals surface area contributed by atoms with Crippen molar-refractivity contribution in [3.8, 4) is 0 Å². The molecule has 1 saturated heterocycles. The minimum atomic E-state index is -2.71. The highest BCUT2D eigenvalue weighted by atomic mass is 32.2. The molecule has 1 aliphatic carbocycles. The Kier molecular flexibility index (Phi) is 6.07. The van der Waals surface area contributed by atoms with E-state index in [2.05, 4.69) is 5.32 Å². The number of benzene rings is 1. The van der Waals surface area contributed by atoms with Crippen LogP contribution in [0.15, 0.2) is 41.3 Å². The maximum absolute atomic E-state index is 13.9. The van der Waals surface area contributed by atoms with Crippen LogP contribution in [0.3, 0.4) is 0 Å². The third-order valence-electron chi connectivity index (χ3n) is 5.68. The Morgan fingerprint density at radius 2 is 2.03 bits per heavy atom. The van der Waals surface area contributed by atoms with Gasteiger partial charge in [0.05, 0.1) is 10.5 Å². The van der Waals surface area contributed by atoms with E-state index in [0.717, 1.165) is 25.0 Å². The lowest BCUT2D eigenvalue weighted by Gasteiger charge is -2.24. The average molecular weight is 447 g/mol. The lowest BCUT2D eigenvalue weighted by molar-refractivity contribution is -0.0102. The highest BCUT2D eigenvalue weighted by Gasteiger charge is 2.33. The number of nitrogens with one attached hydrogen (secondary N) is 1. The van der Waals surface area contributed by atoms with Gasteiger partial charge in [-0.05, 0) is 61.9 Å². The Bertz CT molecular complexity index is 1120. The summed E-state index contributed by atoms with van der Waals surface area (Å²) >= 11 is 0. The number of hydrogen-bond donors (Lipinski definition) is 1. The summed E-state index contributed by atoms with van der Waals surface area (Å²) in [5, 5.41) is 2.74. The Hall–Kier alpha value is -2.77. The van der Waals surface area contributed by atoms with E-state index in [-0.39, 0.29) is 24.3 Å². The van der Waals surface area contributed by atoms with Crippen LogP contribution in [-0.4, -0.2) is 34.1 Å². The fraction of sp³-hybridized carbons (Fsp3) is 0.455. The molecule has 9 heteroatoms. The molecular formula is C22H24F2N4O2S. The molecule has 0 unspecified atom stereocenters. The molecule has 2 aromatic rings. The largest absolute Gasteiger partial charge is 0.356 e. The molecule has 1 N–H and O–H groups in total. The summed E-state index contributed by atoms with van der Waals surface area (Å²) in [6.45, 7) is 0.543. The van der Waals surface area contributed by atoms with Crippen LogP contribution in [0.2, 0.25) is 0 Å². The number of carbonyl (C=O) groups is 1. The molecule has 1 aromatic carbocycles. The van der Waals surface area contributed by atoms with Gasteiger partial charge < -0.3 is 10.2 Å². The zero-order chi connectivity index (χ0) is 22.0. The van der Waals surface area contributed by atoms with Crippen LogP contribution in [0.25, 0.3) is 0 Å².